The molecule has 2 N–H and O–H groups in total. The first-order valence-electron chi connectivity index (χ1n) is 9.95. The molecule has 2 rings (SSSR count). The molecule has 0 spiro atoms. The molecule has 0 amide bonds. The van der Waals surface area contributed by atoms with Crippen LogP contribution in [0.5, 0.6) is 5.75 Å². The van der Waals surface area contributed by atoms with Gasteiger partial charge in [-0.2, -0.15) is 0 Å². The van der Waals surface area contributed by atoms with Gasteiger partial charge in [0.25, 0.3) is 0 Å². The Balaban J connectivity index is 1.62. The number of hydrogen-bond donors (Lipinski definition) is 2. The number of methoxy groups -OCH3 is 1. The van der Waals surface area contributed by atoms with E-state index >= 15 is 0 Å². The zero-order chi connectivity index (χ0) is 19.3. The van der Waals surface area contributed by atoms with E-state index < -0.39 is 0 Å². The first kappa shape index (κ1) is 21.1. The van der Waals surface area contributed by atoms with E-state index in [1.165, 1.54) is 20.0 Å². The van der Waals surface area contributed by atoms with Crippen LogP contribution in [-0.2, 0) is 16.1 Å². The Morgan fingerprint density at radius 3 is 2.67 bits per heavy atom. The third-order valence-electron chi connectivity index (χ3n) is 4.64. The number of para-hydroxylation sites is 1. The molecular formula is C21H33N3O3. The van der Waals surface area contributed by atoms with Crippen molar-refractivity contribution in [3.63, 3.8) is 0 Å². The van der Waals surface area contributed by atoms with Gasteiger partial charge in [0.05, 0.1) is 13.7 Å². The highest BCUT2D eigenvalue weighted by molar-refractivity contribution is 5.79. The average molecular weight is 376 g/mol. The number of unbranched alkanes of at least 4 members (excludes halogenated alkanes) is 3. The molecule has 0 heterocycles. The molecule has 6 heteroatoms. The SMILES string of the molecule is CN=C(NCCCCCCC(=O)OC)NCc1ccccc1OCC1CC1. The van der Waals surface area contributed by atoms with Crippen LogP contribution in [0.25, 0.3) is 0 Å². The van der Waals surface area contributed by atoms with E-state index in [4.69, 9.17) is 4.74 Å². The molecule has 0 aliphatic heterocycles. The van der Waals surface area contributed by atoms with Crippen LogP contribution < -0.4 is 15.4 Å². The number of benzene rings is 1. The smallest absolute Gasteiger partial charge is 0.305 e. The van der Waals surface area contributed by atoms with Gasteiger partial charge in [-0.05, 0) is 37.7 Å². The Bertz CT molecular complexity index is 600. The van der Waals surface area contributed by atoms with Crippen molar-refractivity contribution in [2.24, 2.45) is 10.9 Å². The van der Waals surface area contributed by atoms with Crippen LogP contribution in [0, 0.1) is 5.92 Å². The molecule has 0 unspecified atom stereocenters. The standard InChI is InChI=1S/C21H33N3O3/c1-22-21(23-14-8-4-3-5-11-20(25)26-2)24-15-18-9-6-7-10-19(18)27-16-17-12-13-17/h6-7,9-10,17H,3-5,8,11-16H2,1-2H3,(H2,22,23,24). The number of nitrogens with zero attached hydrogens (tertiary/aromatic N) is 1. The minimum atomic E-state index is -0.126. The van der Waals surface area contributed by atoms with Crippen molar-refractivity contribution in [1.29, 1.82) is 0 Å². The number of rotatable bonds is 12. The molecule has 0 bridgehead atoms. The van der Waals surface area contributed by atoms with Crippen LogP contribution >= 0.6 is 0 Å². The van der Waals surface area contributed by atoms with Gasteiger partial charge < -0.3 is 20.1 Å². The molecule has 6 nitrogen and oxygen atoms in total. The van der Waals surface area contributed by atoms with Crippen LogP contribution in [0.3, 0.4) is 0 Å². The lowest BCUT2D eigenvalue weighted by Gasteiger charge is -2.14. The summed E-state index contributed by atoms with van der Waals surface area (Å²) in [6.45, 7) is 2.36. The Morgan fingerprint density at radius 2 is 1.93 bits per heavy atom. The third kappa shape index (κ3) is 8.80. The van der Waals surface area contributed by atoms with Gasteiger partial charge in [-0.3, -0.25) is 9.79 Å². The second kappa shape index (κ2) is 12.2. The van der Waals surface area contributed by atoms with Gasteiger partial charge in [0.15, 0.2) is 5.96 Å². The second-order valence-corrected chi connectivity index (χ2v) is 6.95. The fraction of sp³-hybridized carbons (Fsp3) is 0.619. The zero-order valence-electron chi connectivity index (χ0n) is 16.6. The van der Waals surface area contributed by atoms with Gasteiger partial charge in [0.2, 0.25) is 0 Å². The fourth-order valence-corrected chi connectivity index (χ4v) is 2.74. The number of guanidine groups is 1. The summed E-state index contributed by atoms with van der Waals surface area (Å²) in [7, 11) is 3.21. The lowest BCUT2D eigenvalue weighted by Crippen LogP contribution is -2.37. The number of hydrogen-bond acceptors (Lipinski definition) is 4. The van der Waals surface area contributed by atoms with Crippen LogP contribution in [0.15, 0.2) is 29.3 Å². The van der Waals surface area contributed by atoms with Crippen molar-refractivity contribution in [2.75, 3.05) is 27.3 Å². The summed E-state index contributed by atoms with van der Waals surface area (Å²) in [4.78, 5) is 15.3. The van der Waals surface area contributed by atoms with Crippen molar-refractivity contribution in [3.8, 4) is 5.75 Å². The summed E-state index contributed by atoms with van der Waals surface area (Å²) in [5.41, 5.74) is 1.14. The Hall–Kier alpha value is -2.24. The minimum Gasteiger partial charge on any atom is -0.493 e. The molecule has 150 valence electrons. The number of carbonyl (C=O) groups excluding carboxylic acids is 1. The summed E-state index contributed by atoms with van der Waals surface area (Å²) in [6, 6.07) is 8.16. The predicted molar refractivity (Wildman–Crippen MR) is 108 cm³/mol. The number of nitrogens with one attached hydrogen (secondary N) is 2. The van der Waals surface area contributed by atoms with Crippen molar-refractivity contribution < 1.29 is 14.3 Å². The van der Waals surface area contributed by atoms with Crippen LogP contribution in [-0.4, -0.2) is 39.2 Å². The number of aliphatic imine (C=N–C) groups is 1. The molecule has 1 aromatic rings. The molecule has 0 aromatic heterocycles. The summed E-state index contributed by atoms with van der Waals surface area (Å²) in [6.07, 6.45) is 7.14. The Morgan fingerprint density at radius 1 is 1.15 bits per heavy atom. The van der Waals surface area contributed by atoms with Crippen molar-refractivity contribution in [3.05, 3.63) is 29.8 Å². The minimum absolute atomic E-state index is 0.126. The maximum atomic E-state index is 11.1. The first-order chi connectivity index (χ1) is 13.2. The molecule has 1 fully saturated rings. The largest absolute Gasteiger partial charge is 0.493 e. The predicted octanol–water partition coefficient (Wildman–Crippen LogP) is 3.26. The van der Waals surface area contributed by atoms with Gasteiger partial charge >= 0.3 is 5.97 Å². The summed E-state index contributed by atoms with van der Waals surface area (Å²) in [5, 5.41) is 6.69. The van der Waals surface area contributed by atoms with Crippen molar-refractivity contribution in [2.45, 2.75) is 51.5 Å². The van der Waals surface area contributed by atoms with Crippen molar-refractivity contribution >= 4 is 11.9 Å². The maximum Gasteiger partial charge on any atom is 0.305 e. The van der Waals surface area contributed by atoms with E-state index in [2.05, 4.69) is 26.4 Å². The number of carbonyl (C=O) groups is 1. The average Bonchev–Trinajstić information content (AvgIpc) is 3.52. The summed E-state index contributed by atoms with van der Waals surface area (Å²) in [5.74, 6) is 2.37. The van der Waals surface area contributed by atoms with Gasteiger partial charge in [-0.15, -0.1) is 0 Å². The molecule has 1 saturated carbocycles. The number of esters is 1. The molecule has 0 atom stereocenters. The molecule has 0 radical (unpaired) electrons. The van der Waals surface area contributed by atoms with E-state index in [-0.39, 0.29) is 5.97 Å². The fourth-order valence-electron chi connectivity index (χ4n) is 2.74. The highest BCUT2D eigenvalue weighted by Gasteiger charge is 2.22. The van der Waals surface area contributed by atoms with Gasteiger partial charge in [0, 0.05) is 32.1 Å². The number of ether oxygens (including phenoxy) is 2. The van der Waals surface area contributed by atoms with E-state index in [0.29, 0.717) is 13.0 Å². The topological polar surface area (TPSA) is 72.0 Å². The molecule has 27 heavy (non-hydrogen) atoms. The quantitative estimate of drug-likeness (QED) is 0.254. The van der Waals surface area contributed by atoms with Gasteiger partial charge in [-0.1, -0.05) is 31.0 Å². The van der Waals surface area contributed by atoms with Gasteiger partial charge in [-0.25, -0.2) is 0 Å². The van der Waals surface area contributed by atoms with Crippen LogP contribution in [0.2, 0.25) is 0 Å². The zero-order valence-corrected chi connectivity index (χ0v) is 16.6. The lowest BCUT2D eigenvalue weighted by atomic mass is 10.1. The van der Waals surface area contributed by atoms with E-state index in [0.717, 1.165) is 62.0 Å². The molecule has 0 saturated heterocycles. The molecular weight excluding hydrogens is 342 g/mol. The lowest BCUT2D eigenvalue weighted by molar-refractivity contribution is -0.140. The Labute approximate surface area is 162 Å². The first-order valence-corrected chi connectivity index (χ1v) is 9.95. The molecule has 1 aliphatic rings. The van der Waals surface area contributed by atoms with Crippen molar-refractivity contribution in [1.82, 2.24) is 10.6 Å². The monoisotopic (exact) mass is 375 g/mol. The van der Waals surface area contributed by atoms with E-state index in [1.54, 1.807) is 7.05 Å². The molecule has 1 aliphatic carbocycles. The normalized spacial score (nSPS) is 13.9. The van der Waals surface area contributed by atoms with Crippen LogP contribution in [0.1, 0.15) is 50.5 Å². The highest BCUT2D eigenvalue weighted by Crippen LogP contribution is 2.30. The summed E-state index contributed by atoms with van der Waals surface area (Å²) < 4.78 is 10.6. The molecule has 1 aromatic carbocycles. The van der Waals surface area contributed by atoms with Crippen LogP contribution in [0.4, 0.5) is 0 Å². The Kier molecular flexibility index (Phi) is 9.52. The van der Waals surface area contributed by atoms with E-state index in [9.17, 15) is 4.79 Å². The van der Waals surface area contributed by atoms with Gasteiger partial charge in [0.1, 0.15) is 5.75 Å². The third-order valence-corrected chi connectivity index (χ3v) is 4.64. The summed E-state index contributed by atoms with van der Waals surface area (Å²) >= 11 is 0. The second-order valence-electron chi connectivity index (χ2n) is 6.95. The van der Waals surface area contributed by atoms with E-state index in [1.807, 2.05) is 18.2 Å². The maximum absolute atomic E-state index is 11.1. The highest BCUT2D eigenvalue weighted by atomic mass is 16.5.